The molecule has 2 aromatic rings. The molecule has 0 amide bonds. The third-order valence-electron chi connectivity index (χ3n) is 3.01. The van der Waals surface area contributed by atoms with Crippen LogP contribution in [0, 0.1) is 0 Å². The van der Waals surface area contributed by atoms with Gasteiger partial charge >= 0.3 is 0 Å². The fourth-order valence-electron chi connectivity index (χ4n) is 1.63. The van der Waals surface area contributed by atoms with E-state index in [1.807, 2.05) is 17.5 Å². The molecule has 3 nitrogen and oxygen atoms in total. The van der Waals surface area contributed by atoms with Crippen molar-refractivity contribution in [1.82, 2.24) is 4.98 Å². The number of hydrogen-bond donors (Lipinski definition) is 1. The van der Waals surface area contributed by atoms with Crippen LogP contribution in [-0.2, 0) is 5.54 Å². The van der Waals surface area contributed by atoms with Crippen LogP contribution in [0.2, 0.25) is 0 Å². The maximum Gasteiger partial charge on any atom is 0.162 e. The summed E-state index contributed by atoms with van der Waals surface area (Å²) in [5.74, 6) is 0.811. The number of furan rings is 1. The van der Waals surface area contributed by atoms with E-state index in [1.54, 1.807) is 17.6 Å². The van der Waals surface area contributed by atoms with E-state index in [1.165, 1.54) is 0 Å². The van der Waals surface area contributed by atoms with Crippen LogP contribution in [0.4, 0.5) is 0 Å². The number of thiazole rings is 1. The smallest absolute Gasteiger partial charge is 0.162 e. The summed E-state index contributed by atoms with van der Waals surface area (Å²) in [6, 6.07) is 3.78. The lowest BCUT2D eigenvalue weighted by Gasteiger charge is -2.24. The van der Waals surface area contributed by atoms with Gasteiger partial charge in [0.05, 0.1) is 17.5 Å². The normalized spacial score (nSPS) is 11.9. The Morgan fingerprint density at radius 3 is 2.75 bits per heavy atom. The van der Waals surface area contributed by atoms with E-state index in [0.29, 0.717) is 0 Å². The van der Waals surface area contributed by atoms with Crippen LogP contribution in [0.15, 0.2) is 28.2 Å². The van der Waals surface area contributed by atoms with Crippen molar-refractivity contribution in [3.8, 4) is 10.8 Å². The minimum Gasteiger partial charge on any atom is -0.462 e. The highest BCUT2D eigenvalue weighted by Gasteiger charge is 2.26. The Balaban J connectivity index is 2.33. The number of nitrogens with zero attached hydrogens (tertiary/aromatic N) is 1. The fraction of sp³-hybridized carbons (Fsp3) is 0.417. The molecule has 2 heterocycles. The Hall–Kier alpha value is -1.13. The highest BCUT2D eigenvalue weighted by atomic mass is 32.1. The molecule has 0 radical (unpaired) electrons. The van der Waals surface area contributed by atoms with E-state index in [0.717, 1.165) is 29.3 Å². The van der Waals surface area contributed by atoms with Crippen molar-refractivity contribution in [2.45, 2.75) is 32.2 Å². The van der Waals surface area contributed by atoms with E-state index >= 15 is 0 Å². The molecule has 0 fully saturated rings. The standard InChI is InChI=1S/C12H16N2OS/c1-3-12(13,4-2)10-8-16-11(14-10)9-6-5-7-15-9/h5-8H,3-4,13H2,1-2H3. The van der Waals surface area contributed by atoms with Crippen LogP contribution in [0.1, 0.15) is 32.4 Å². The summed E-state index contributed by atoms with van der Waals surface area (Å²) in [5.41, 5.74) is 6.96. The molecule has 2 N–H and O–H groups in total. The van der Waals surface area contributed by atoms with E-state index in [2.05, 4.69) is 18.8 Å². The van der Waals surface area contributed by atoms with Gasteiger partial charge in [-0.15, -0.1) is 11.3 Å². The van der Waals surface area contributed by atoms with Gasteiger partial charge in [-0.3, -0.25) is 0 Å². The highest BCUT2D eigenvalue weighted by molar-refractivity contribution is 7.13. The lowest BCUT2D eigenvalue weighted by molar-refractivity contribution is 0.403. The van der Waals surface area contributed by atoms with Crippen molar-refractivity contribution in [3.05, 3.63) is 29.5 Å². The fourth-order valence-corrected chi connectivity index (χ4v) is 2.52. The lowest BCUT2D eigenvalue weighted by atomic mass is 9.91. The topological polar surface area (TPSA) is 52.0 Å². The van der Waals surface area contributed by atoms with Gasteiger partial charge < -0.3 is 10.2 Å². The minimum absolute atomic E-state index is 0.304. The Bertz CT molecular complexity index is 443. The van der Waals surface area contributed by atoms with Crippen molar-refractivity contribution in [1.29, 1.82) is 0 Å². The Kier molecular flexibility index (Phi) is 3.12. The molecule has 2 aromatic heterocycles. The minimum atomic E-state index is -0.304. The van der Waals surface area contributed by atoms with E-state index in [-0.39, 0.29) is 5.54 Å². The molecule has 2 rings (SSSR count). The van der Waals surface area contributed by atoms with Crippen LogP contribution in [0.3, 0.4) is 0 Å². The van der Waals surface area contributed by atoms with Gasteiger partial charge in [-0.05, 0) is 25.0 Å². The second-order valence-electron chi connectivity index (χ2n) is 3.88. The SMILES string of the molecule is CCC(N)(CC)c1csc(-c2ccco2)n1. The van der Waals surface area contributed by atoms with Crippen LogP contribution >= 0.6 is 11.3 Å². The number of nitrogens with two attached hydrogens (primary N) is 1. The van der Waals surface area contributed by atoms with Gasteiger partial charge in [0.1, 0.15) is 0 Å². The Morgan fingerprint density at radius 1 is 1.44 bits per heavy atom. The Labute approximate surface area is 99.3 Å². The predicted molar refractivity (Wildman–Crippen MR) is 66.3 cm³/mol. The molecule has 0 aromatic carbocycles. The Morgan fingerprint density at radius 2 is 2.19 bits per heavy atom. The monoisotopic (exact) mass is 236 g/mol. The first-order valence-electron chi connectivity index (χ1n) is 5.48. The summed E-state index contributed by atoms with van der Waals surface area (Å²) in [5, 5.41) is 2.93. The molecule has 0 aliphatic carbocycles. The second kappa shape index (κ2) is 4.39. The van der Waals surface area contributed by atoms with Crippen molar-refractivity contribution in [3.63, 3.8) is 0 Å². The summed E-state index contributed by atoms with van der Waals surface area (Å²) < 4.78 is 5.32. The number of hydrogen-bond acceptors (Lipinski definition) is 4. The average molecular weight is 236 g/mol. The maximum atomic E-state index is 6.30. The first-order chi connectivity index (χ1) is 7.69. The van der Waals surface area contributed by atoms with Crippen molar-refractivity contribution < 1.29 is 4.42 Å². The molecule has 0 atom stereocenters. The molecule has 0 saturated carbocycles. The van der Waals surface area contributed by atoms with Crippen LogP contribution in [-0.4, -0.2) is 4.98 Å². The summed E-state index contributed by atoms with van der Waals surface area (Å²) in [4.78, 5) is 4.57. The van der Waals surface area contributed by atoms with Crippen molar-refractivity contribution in [2.75, 3.05) is 0 Å². The highest BCUT2D eigenvalue weighted by Crippen LogP contribution is 2.31. The first kappa shape index (κ1) is 11.4. The predicted octanol–water partition coefficient (Wildman–Crippen LogP) is 3.38. The molecule has 0 aliphatic heterocycles. The molecule has 0 unspecified atom stereocenters. The van der Waals surface area contributed by atoms with Gasteiger partial charge in [-0.1, -0.05) is 13.8 Å². The largest absolute Gasteiger partial charge is 0.462 e. The van der Waals surface area contributed by atoms with Gasteiger partial charge in [-0.2, -0.15) is 0 Å². The van der Waals surface area contributed by atoms with Gasteiger partial charge in [0.25, 0.3) is 0 Å². The van der Waals surface area contributed by atoms with Gasteiger partial charge in [0.2, 0.25) is 0 Å². The summed E-state index contributed by atoms with van der Waals surface area (Å²) in [7, 11) is 0. The molecule has 0 spiro atoms. The quantitative estimate of drug-likeness (QED) is 0.885. The van der Waals surface area contributed by atoms with Crippen LogP contribution in [0.5, 0.6) is 0 Å². The summed E-state index contributed by atoms with van der Waals surface area (Å²) in [6.07, 6.45) is 3.45. The second-order valence-corrected chi connectivity index (χ2v) is 4.74. The molecule has 0 bridgehead atoms. The molecule has 86 valence electrons. The summed E-state index contributed by atoms with van der Waals surface area (Å²) in [6.45, 7) is 4.19. The zero-order chi connectivity index (χ0) is 11.6. The number of aromatic nitrogens is 1. The van der Waals surface area contributed by atoms with E-state index < -0.39 is 0 Å². The third-order valence-corrected chi connectivity index (χ3v) is 3.86. The molecular weight excluding hydrogens is 220 g/mol. The summed E-state index contributed by atoms with van der Waals surface area (Å²) >= 11 is 1.58. The first-order valence-corrected chi connectivity index (χ1v) is 6.36. The van der Waals surface area contributed by atoms with Gasteiger partial charge in [0, 0.05) is 5.38 Å². The molecule has 0 aliphatic rings. The van der Waals surface area contributed by atoms with E-state index in [9.17, 15) is 0 Å². The van der Waals surface area contributed by atoms with Gasteiger partial charge in [0.15, 0.2) is 10.8 Å². The molecule has 16 heavy (non-hydrogen) atoms. The van der Waals surface area contributed by atoms with Crippen molar-refractivity contribution in [2.24, 2.45) is 5.73 Å². The zero-order valence-electron chi connectivity index (χ0n) is 9.56. The van der Waals surface area contributed by atoms with Crippen LogP contribution < -0.4 is 5.73 Å². The lowest BCUT2D eigenvalue weighted by Crippen LogP contribution is -2.35. The van der Waals surface area contributed by atoms with Crippen molar-refractivity contribution >= 4 is 11.3 Å². The maximum absolute atomic E-state index is 6.30. The van der Waals surface area contributed by atoms with E-state index in [4.69, 9.17) is 10.2 Å². The van der Waals surface area contributed by atoms with Crippen LogP contribution in [0.25, 0.3) is 10.8 Å². The molecule has 0 saturated heterocycles. The number of rotatable bonds is 4. The third kappa shape index (κ3) is 1.90. The molecule has 4 heteroatoms. The zero-order valence-corrected chi connectivity index (χ0v) is 10.4. The molecular formula is C12H16N2OS. The average Bonchev–Trinajstić information content (AvgIpc) is 2.97. The van der Waals surface area contributed by atoms with Gasteiger partial charge in [-0.25, -0.2) is 4.98 Å².